The standard InChI is InChI=1S/C10H15F3N2/c1-15-8-2-4-9(5-3-8,6-7-14)10(11,12)13/h8,15H,2-6H2,1H3/t8-,9-. The Morgan fingerprint density at radius 3 is 2.27 bits per heavy atom. The highest BCUT2D eigenvalue weighted by atomic mass is 19.4. The van der Waals surface area contributed by atoms with Crippen molar-refractivity contribution in [2.75, 3.05) is 7.05 Å². The van der Waals surface area contributed by atoms with Crippen molar-refractivity contribution in [2.24, 2.45) is 5.41 Å². The van der Waals surface area contributed by atoms with Gasteiger partial charge in [0.1, 0.15) is 0 Å². The van der Waals surface area contributed by atoms with E-state index in [4.69, 9.17) is 5.26 Å². The highest BCUT2D eigenvalue weighted by Crippen LogP contribution is 2.51. The van der Waals surface area contributed by atoms with Gasteiger partial charge in [-0.15, -0.1) is 0 Å². The molecule has 86 valence electrons. The summed E-state index contributed by atoms with van der Waals surface area (Å²) in [7, 11) is 1.76. The van der Waals surface area contributed by atoms with Gasteiger partial charge in [0.05, 0.1) is 11.5 Å². The van der Waals surface area contributed by atoms with E-state index in [0.717, 1.165) is 0 Å². The molecule has 1 N–H and O–H groups in total. The topological polar surface area (TPSA) is 35.8 Å². The average molecular weight is 220 g/mol. The minimum Gasteiger partial charge on any atom is -0.317 e. The van der Waals surface area contributed by atoms with Gasteiger partial charge < -0.3 is 5.32 Å². The van der Waals surface area contributed by atoms with Crippen molar-refractivity contribution in [1.82, 2.24) is 5.32 Å². The third-order valence-corrected chi connectivity index (χ3v) is 3.37. The molecule has 5 heteroatoms. The Morgan fingerprint density at radius 1 is 1.40 bits per heavy atom. The van der Waals surface area contributed by atoms with Crippen LogP contribution in [0.4, 0.5) is 13.2 Å². The van der Waals surface area contributed by atoms with E-state index in [2.05, 4.69) is 5.32 Å². The lowest BCUT2D eigenvalue weighted by molar-refractivity contribution is -0.233. The maximum atomic E-state index is 12.8. The van der Waals surface area contributed by atoms with Gasteiger partial charge in [0.15, 0.2) is 0 Å². The number of nitrogens with zero attached hydrogens (tertiary/aromatic N) is 1. The summed E-state index contributed by atoms with van der Waals surface area (Å²) >= 11 is 0. The summed E-state index contributed by atoms with van der Waals surface area (Å²) in [6, 6.07) is 1.84. The van der Waals surface area contributed by atoms with Crippen LogP contribution in [-0.2, 0) is 0 Å². The zero-order valence-corrected chi connectivity index (χ0v) is 8.69. The fourth-order valence-electron chi connectivity index (χ4n) is 2.17. The molecule has 0 bridgehead atoms. The van der Waals surface area contributed by atoms with Crippen LogP contribution in [-0.4, -0.2) is 19.3 Å². The summed E-state index contributed by atoms with van der Waals surface area (Å²) in [5.41, 5.74) is -1.75. The van der Waals surface area contributed by atoms with E-state index in [-0.39, 0.29) is 18.9 Å². The second-order valence-corrected chi connectivity index (χ2v) is 4.18. The molecule has 0 heterocycles. The van der Waals surface area contributed by atoms with Crippen LogP contribution in [0.5, 0.6) is 0 Å². The summed E-state index contributed by atoms with van der Waals surface area (Å²) in [5.74, 6) is 0. The molecule has 15 heavy (non-hydrogen) atoms. The number of hydrogen-bond donors (Lipinski definition) is 1. The monoisotopic (exact) mass is 220 g/mol. The van der Waals surface area contributed by atoms with Gasteiger partial charge in [0, 0.05) is 12.5 Å². The fourth-order valence-corrected chi connectivity index (χ4v) is 2.17. The minimum absolute atomic E-state index is 0.0650. The van der Waals surface area contributed by atoms with Crippen LogP contribution in [0.1, 0.15) is 32.1 Å². The maximum Gasteiger partial charge on any atom is 0.395 e. The van der Waals surface area contributed by atoms with Gasteiger partial charge in [-0.05, 0) is 32.7 Å². The molecule has 0 aliphatic heterocycles. The fraction of sp³-hybridized carbons (Fsp3) is 0.900. The number of nitriles is 1. The van der Waals surface area contributed by atoms with E-state index in [9.17, 15) is 13.2 Å². The average Bonchev–Trinajstić information content (AvgIpc) is 2.18. The smallest absolute Gasteiger partial charge is 0.317 e. The van der Waals surface area contributed by atoms with Crippen LogP contribution in [0.25, 0.3) is 0 Å². The van der Waals surface area contributed by atoms with E-state index >= 15 is 0 Å². The van der Waals surface area contributed by atoms with Gasteiger partial charge in [-0.25, -0.2) is 0 Å². The van der Waals surface area contributed by atoms with E-state index in [1.165, 1.54) is 0 Å². The summed E-state index contributed by atoms with van der Waals surface area (Å²) in [4.78, 5) is 0. The number of alkyl halides is 3. The number of nitrogens with one attached hydrogen (secondary N) is 1. The largest absolute Gasteiger partial charge is 0.395 e. The Bertz CT molecular complexity index is 246. The Morgan fingerprint density at radius 2 is 1.93 bits per heavy atom. The van der Waals surface area contributed by atoms with Gasteiger partial charge in [0.25, 0.3) is 0 Å². The first-order chi connectivity index (χ1) is 6.95. The van der Waals surface area contributed by atoms with E-state index in [1.807, 2.05) is 0 Å². The van der Waals surface area contributed by atoms with Crippen LogP contribution in [0.15, 0.2) is 0 Å². The normalized spacial score (nSPS) is 32.3. The molecule has 1 saturated carbocycles. The quantitative estimate of drug-likeness (QED) is 0.776. The van der Waals surface area contributed by atoms with Crippen LogP contribution < -0.4 is 5.32 Å². The highest BCUT2D eigenvalue weighted by Gasteiger charge is 2.55. The first kappa shape index (κ1) is 12.3. The molecule has 0 atom stereocenters. The lowest BCUT2D eigenvalue weighted by Crippen LogP contribution is -2.44. The second kappa shape index (κ2) is 4.40. The molecule has 1 fully saturated rings. The third-order valence-electron chi connectivity index (χ3n) is 3.37. The SMILES string of the molecule is CN[C@H]1CC[C@](CC#N)(C(F)(F)F)CC1. The zero-order chi connectivity index (χ0) is 11.5. The molecule has 0 radical (unpaired) electrons. The second-order valence-electron chi connectivity index (χ2n) is 4.18. The molecule has 1 rings (SSSR count). The lowest BCUT2D eigenvalue weighted by Gasteiger charge is -2.39. The summed E-state index contributed by atoms with van der Waals surface area (Å²) in [5, 5.41) is 11.5. The van der Waals surface area contributed by atoms with Crippen molar-refractivity contribution < 1.29 is 13.2 Å². The van der Waals surface area contributed by atoms with Crippen molar-refractivity contribution in [3.63, 3.8) is 0 Å². The predicted molar refractivity (Wildman–Crippen MR) is 50.0 cm³/mol. The molecule has 1 aliphatic carbocycles. The first-order valence-electron chi connectivity index (χ1n) is 5.06. The predicted octanol–water partition coefficient (Wildman–Crippen LogP) is 2.61. The highest BCUT2D eigenvalue weighted by molar-refractivity contribution is 4.98. The van der Waals surface area contributed by atoms with Crippen molar-refractivity contribution in [2.45, 2.75) is 44.3 Å². The van der Waals surface area contributed by atoms with Gasteiger partial charge in [-0.1, -0.05) is 0 Å². The zero-order valence-electron chi connectivity index (χ0n) is 8.69. The van der Waals surface area contributed by atoms with E-state index < -0.39 is 18.0 Å². The van der Waals surface area contributed by atoms with Crippen LogP contribution in [0, 0.1) is 16.7 Å². The molecule has 2 nitrogen and oxygen atoms in total. The Labute approximate surface area is 87.5 Å². The van der Waals surface area contributed by atoms with E-state index in [0.29, 0.717) is 12.8 Å². The third kappa shape index (κ3) is 2.43. The molecule has 0 aromatic heterocycles. The molecule has 0 unspecified atom stereocenters. The van der Waals surface area contributed by atoms with Crippen LogP contribution in [0.3, 0.4) is 0 Å². The summed E-state index contributed by atoms with van der Waals surface area (Å²) < 4.78 is 38.5. The van der Waals surface area contributed by atoms with Crippen molar-refractivity contribution >= 4 is 0 Å². The molecule has 0 aromatic rings. The van der Waals surface area contributed by atoms with Gasteiger partial charge >= 0.3 is 6.18 Å². The molecule has 0 spiro atoms. The molecule has 0 aromatic carbocycles. The number of halogens is 3. The number of rotatable bonds is 2. The van der Waals surface area contributed by atoms with Crippen LogP contribution >= 0.6 is 0 Å². The Balaban J connectivity index is 2.75. The van der Waals surface area contributed by atoms with Gasteiger partial charge in [-0.3, -0.25) is 0 Å². The Hall–Kier alpha value is -0.760. The van der Waals surface area contributed by atoms with Gasteiger partial charge in [-0.2, -0.15) is 18.4 Å². The minimum atomic E-state index is -4.25. The number of hydrogen-bond acceptors (Lipinski definition) is 2. The molecular weight excluding hydrogens is 205 g/mol. The molecular formula is C10H15F3N2. The maximum absolute atomic E-state index is 12.8. The van der Waals surface area contributed by atoms with Gasteiger partial charge in [0.2, 0.25) is 0 Å². The first-order valence-corrected chi connectivity index (χ1v) is 5.06. The van der Waals surface area contributed by atoms with Crippen molar-refractivity contribution in [3.8, 4) is 6.07 Å². The summed E-state index contributed by atoms with van der Waals surface area (Å²) in [6.45, 7) is 0. The molecule has 1 aliphatic rings. The van der Waals surface area contributed by atoms with Crippen molar-refractivity contribution in [1.29, 1.82) is 5.26 Å². The van der Waals surface area contributed by atoms with Crippen molar-refractivity contribution in [3.05, 3.63) is 0 Å². The lowest BCUT2D eigenvalue weighted by atomic mass is 9.70. The van der Waals surface area contributed by atoms with Crippen LogP contribution in [0.2, 0.25) is 0 Å². The Kier molecular flexibility index (Phi) is 3.61. The molecule has 0 saturated heterocycles. The van der Waals surface area contributed by atoms with E-state index in [1.54, 1.807) is 13.1 Å². The molecule has 0 amide bonds. The summed E-state index contributed by atoms with van der Waals surface area (Å²) in [6.07, 6.45) is -3.53.